The van der Waals surface area contributed by atoms with Gasteiger partial charge in [0.15, 0.2) is 0 Å². The van der Waals surface area contributed by atoms with E-state index in [0.29, 0.717) is 22.0 Å². The summed E-state index contributed by atoms with van der Waals surface area (Å²) in [6, 6.07) is 0. The molecular weight excluding hydrogens is 320 g/mol. The molecule has 0 amide bonds. The van der Waals surface area contributed by atoms with Gasteiger partial charge in [-0.3, -0.25) is 0 Å². The molecule has 0 unspecified atom stereocenters. The Hall–Kier alpha value is 1.18. The fraction of sp³-hybridized carbons (Fsp3) is 0.750. The highest BCUT2D eigenvalue weighted by Crippen LogP contribution is 2.29. The van der Waals surface area contributed by atoms with E-state index in [0.717, 1.165) is 11.5 Å². The van der Waals surface area contributed by atoms with Crippen LogP contribution >= 0.6 is 67.6 Å². The summed E-state index contributed by atoms with van der Waals surface area (Å²) in [5.41, 5.74) is 0. The molecule has 0 aromatic rings. The zero-order chi connectivity index (χ0) is 12.2. The van der Waals surface area contributed by atoms with Crippen molar-refractivity contribution in [3.05, 3.63) is 0 Å². The second-order valence-electron chi connectivity index (χ2n) is 2.18. The van der Waals surface area contributed by atoms with E-state index in [4.69, 9.17) is 33.9 Å². The lowest BCUT2D eigenvalue weighted by Crippen LogP contribution is -1.95. The molecule has 0 aliphatic heterocycles. The average molecular weight is 335 g/mol. The molecule has 0 radical (unpaired) electrons. The lowest BCUT2D eigenvalue weighted by Gasteiger charge is -2.04. The molecule has 0 aliphatic carbocycles. The molecule has 0 N–H and O–H groups in total. The second kappa shape index (κ2) is 12.6. The Bertz CT molecular complexity index is 189. The van der Waals surface area contributed by atoms with E-state index in [9.17, 15) is 0 Å². The van der Waals surface area contributed by atoms with Crippen molar-refractivity contribution in [2.24, 2.45) is 0 Å². The number of thiocarbonyl (C=S) groups is 2. The normalized spacial score (nSPS) is 9.88. The van der Waals surface area contributed by atoms with Gasteiger partial charge in [-0.1, -0.05) is 21.6 Å². The van der Waals surface area contributed by atoms with Crippen LogP contribution in [0.1, 0.15) is 13.8 Å². The van der Waals surface area contributed by atoms with E-state index in [2.05, 4.69) is 0 Å². The third-order valence-corrected chi connectivity index (χ3v) is 6.76. The van der Waals surface area contributed by atoms with E-state index in [1.807, 2.05) is 13.8 Å². The number of rotatable bonds is 7. The minimum atomic E-state index is 0.606. The Morgan fingerprint density at radius 1 is 0.875 bits per heavy atom. The largest absolute Gasteiger partial charge is 0.478 e. The van der Waals surface area contributed by atoms with Crippen LogP contribution in [-0.4, -0.2) is 33.5 Å². The highest BCUT2D eigenvalue weighted by atomic mass is 33.1. The van der Waals surface area contributed by atoms with Gasteiger partial charge in [-0.25, -0.2) is 0 Å². The lowest BCUT2D eigenvalue weighted by molar-refractivity contribution is 0.346. The van der Waals surface area contributed by atoms with Gasteiger partial charge < -0.3 is 9.47 Å². The third-order valence-electron chi connectivity index (χ3n) is 1.03. The molecule has 0 aromatic carbocycles. The smallest absolute Gasteiger partial charge is 0.230 e. The van der Waals surface area contributed by atoms with Gasteiger partial charge in [-0.2, -0.15) is 0 Å². The van der Waals surface area contributed by atoms with Crippen molar-refractivity contribution in [2.45, 2.75) is 13.8 Å². The number of ether oxygens (including phenoxy) is 2. The summed E-state index contributed by atoms with van der Waals surface area (Å²) >= 11 is 9.95. The summed E-state index contributed by atoms with van der Waals surface area (Å²) in [5, 5.41) is 0. The van der Waals surface area contributed by atoms with E-state index >= 15 is 0 Å². The fourth-order valence-electron chi connectivity index (χ4n) is 0.531. The molecule has 0 aliphatic rings. The zero-order valence-corrected chi connectivity index (χ0v) is 14.0. The monoisotopic (exact) mass is 334 g/mol. The van der Waals surface area contributed by atoms with Crippen LogP contribution in [0, 0.1) is 0 Å². The molecule has 0 bridgehead atoms. The van der Waals surface area contributed by atoms with Crippen molar-refractivity contribution in [1.82, 2.24) is 0 Å². The molecule has 8 heteroatoms. The van der Waals surface area contributed by atoms with E-state index < -0.39 is 0 Å². The summed E-state index contributed by atoms with van der Waals surface area (Å²) in [4.78, 5) is 0. The summed E-state index contributed by atoms with van der Waals surface area (Å²) in [6.07, 6.45) is 0. The van der Waals surface area contributed by atoms with E-state index in [1.165, 1.54) is 21.6 Å². The molecule has 0 fully saturated rings. The molecule has 0 saturated carbocycles. The molecule has 2 nitrogen and oxygen atoms in total. The van der Waals surface area contributed by atoms with E-state index in [1.54, 1.807) is 21.6 Å². The molecule has 0 atom stereocenters. The van der Waals surface area contributed by atoms with Gasteiger partial charge in [0.1, 0.15) is 0 Å². The van der Waals surface area contributed by atoms with Crippen molar-refractivity contribution in [2.75, 3.05) is 24.7 Å². The first-order chi connectivity index (χ1) is 7.70. The Labute approximate surface area is 124 Å². The van der Waals surface area contributed by atoms with Crippen LogP contribution < -0.4 is 0 Å². The van der Waals surface area contributed by atoms with Gasteiger partial charge in [0, 0.05) is 11.5 Å². The SMILES string of the molecule is CCOC(=S)SSCCSSC(=S)OCC. The third kappa shape index (κ3) is 11.7. The summed E-state index contributed by atoms with van der Waals surface area (Å²) in [6.45, 7) is 5.14. The first-order valence-corrected chi connectivity index (χ1v) is 10.1. The topological polar surface area (TPSA) is 18.5 Å². The van der Waals surface area contributed by atoms with E-state index in [-0.39, 0.29) is 0 Å². The highest BCUT2D eigenvalue weighted by Gasteiger charge is 2.00. The van der Waals surface area contributed by atoms with Gasteiger partial charge in [0.25, 0.3) is 0 Å². The average Bonchev–Trinajstić information content (AvgIpc) is 2.24. The van der Waals surface area contributed by atoms with Crippen molar-refractivity contribution >= 4 is 76.4 Å². The predicted molar refractivity (Wildman–Crippen MR) is 88.5 cm³/mol. The maximum atomic E-state index is 5.14. The Morgan fingerprint density at radius 2 is 1.25 bits per heavy atom. The minimum absolute atomic E-state index is 0.606. The maximum absolute atomic E-state index is 5.14. The second-order valence-corrected chi connectivity index (χ2v) is 8.21. The molecule has 16 heavy (non-hydrogen) atoms. The van der Waals surface area contributed by atoms with Crippen LogP contribution in [0.5, 0.6) is 0 Å². The van der Waals surface area contributed by atoms with Gasteiger partial charge >= 0.3 is 0 Å². The van der Waals surface area contributed by atoms with Crippen LogP contribution in [0.4, 0.5) is 0 Å². The van der Waals surface area contributed by atoms with Crippen molar-refractivity contribution < 1.29 is 9.47 Å². The van der Waals surface area contributed by atoms with Crippen LogP contribution in [-0.2, 0) is 9.47 Å². The van der Waals surface area contributed by atoms with Gasteiger partial charge in [0.05, 0.1) is 13.2 Å². The van der Waals surface area contributed by atoms with Crippen molar-refractivity contribution in [1.29, 1.82) is 0 Å². The Balaban J connectivity index is 3.21. The molecule has 0 spiro atoms. The van der Waals surface area contributed by atoms with Gasteiger partial charge in [-0.15, -0.1) is 0 Å². The quantitative estimate of drug-likeness (QED) is 0.383. The number of hydrogen-bond donors (Lipinski definition) is 0. The van der Waals surface area contributed by atoms with Crippen LogP contribution in [0.3, 0.4) is 0 Å². The first-order valence-electron chi connectivity index (χ1n) is 4.63. The molecule has 94 valence electrons. The Kier molecular flexibility index (Phi) is 13.6. The molecule has 0 aromatic heterocycles. The number of hydrogen-bond acceptors (Lipinski definition) is 8. The first kappa shape index (κ1) is 17.2. The van der Waals surface area contributed by atoms with Gasteiger partial charge in [0.2, 0.25) is 8.77 Å². The Morgan fingerprint density at radius 3 is 1.56 bits per heavy atom. The maximum Gasteiger partial charge on any atom is 0.230 e. The summed E-state index contributed by atoms with van der Waals surface area (Å²) in [7, 11) is 6.42. The predicted octanol–water partition coefficient (Wildman–Crippen LogP) is 4.39. The zero-order valence-electron chi connectivity index (χ0n) is 9.09. The van der Waals surface area contributed by atoms with Crippen LogP contribution in [0.2, 0.25) is 0 Å². The fourth-order valence-corrected chi connectivity index (χ4v) is 5.46. The van der Waals surface area contributed by atoms with Crippen LogP contribution in [0.25, 0.3) is 0 Å². The summed E-state index contributed by atoms with van der Waals surface area (Å²) < 4.78 is 11.5. The molecule has 0 saturated heterocycles. The van der Waals surface area contributed by atoms with Gasteiger partial charge in [-0.05, 0) is 59.9 Å². The standard InChI is InChI=1S/C8H14O2S6/c1-3-9-7(11)15-13-5-6-14-16-8(12)10-4-2/h3-6H2,1-2H3. The van der Waals surface area contributed by atoms with Crippen LogP contribution in [0.15, 0.2) is 0 Å². The highest BCUT2D eigenvalue weighted by molar-refractivity contribution is 8.85. The minimum Gasteiger partial charge on any atom is -0.478 e. The van der Waals surface area contributed by atoms with Crippen molar-refractivity contribution in [3.63, 3.8) is 0 Å². The van der Waals surface area contributed by atoms with Crippen molar-refractivity contribution in [3.8, 4) is 0 Å². The lowest BCUT2D eigenvalue weighted by atomic mass is 10.9. The molecule has 0 rings (SSSR count). The summed E-state index contributed by atoms with van der Waals surface area (Å²) in [5.74, 6) is 2.01. The molecular formula is C8H14O2S6. The molecule has 0 heterocycles.